The summed E-state index contributed by atoms with van der Waals surface area (Å²) in [7, 11) is -3.25. The minimum Gasteiger partial charge on any atom is -0.352 e. The Balaban J connectivity index is 0.00000208. The molecule has 2 N–H and O–H groups in total. The van der Waals surface area contributed by atoms with Gasteiger partial charge in [0.25, 0.3) is 5.91 Å². The van der Waals surface area contributed by atoms with Crippen LogP contribution in [0.1, 0.15) is 28.8 Å². The number of fused-ring (bicyclic) bond motifs is 1. The molecule has 0 aromatic heterocycles. The largest absolute Gasteiger partial charge is 0.352 e. The first-order chi connectivity index (χ1) is 10.9. The van der Waals surface area contributed by atoms with Gasteiger partial charge in [-0.25, -0.2) is 8.42 Å². The zero-order valence-corrected chi connectivity index (χ0v) is 15.4. The van der Waals surface area contributed by atoms with Gasteiger partial charge in [-0.05, 0) is 62.0 Å². The molecule has 3 rings (SSSR count). The van der Waals surface area contributed by atoms with E-state index in [1.165, 1.54) is 17.0 Å². The van der Waals surface area contributed by atoms with E-state index in [-0.39, 0.29) is 18.3 Å². The van der Waals surface area contributed by atoms with Gasteiger partial charge in [0.1, 0.15) is 0 Å². The predicted molar refractivity (Wildman–Crippen MR) is 97.5 cm³/mol. The normalized spacial score (nSPS) is 19.7. The summed E-state index contributed by atoms with van der Waals surface area (Å²) in [6, 6.07) is 5.25. The minimum atomic E-state index is -3.25. The molecule has 2 aliphatic rings. The monoisotopic (exact) mass is 373 g/mol. The van der Waals surface area contributed by atoms with Gasteiger partial charge in [0.05, 0.1) is 11.9 Å². The molecule has 1 saturated heterocycles. The summed E-state index contributed by atoms with van der Waals surface area (Å²) in [5.74, 6) is 0.565. The van der Waals surface area contributed by atoms with Gasteiger partial charge >= 0.3 is 0 Å². The Hall–Kier alpha value is -1.31. The van der Waals surface area contributed by atoms with E-state index in [9.17, 15) is 13.2 Å². The van der Waals surface area contributed by atoms with Crippen LogP contribution in [0, 0.1) is 5.92 Å². The average Bonchev–Trinajstić information content (AvgIpc) is 3.14. The van der Waals surface area contributed by atoms with Crippen LogP contribution in [-0.4, -0.2) is 46.8 Å². The molecule has 1 amide bonds. The molecule has 24 heavy (non-hydrogen) atoms. The number of carbonyl (C=O) groups excluding carboxylic acids is 1. The molecule has 0 spiro atoms. The van der Waals surface area contributed by atoms with Crippen molar-refractivity contribution in [1.29, 1.82) is 0 Å². The quantitative estimate of drug-likeness (QED) is 0.811. The lowest BCUT2D eigenvalue weighted by Crippen LogP contribution is -2.28. The van der Waals surface area contributed by atoms with Gasteiger partial charge in [0.15, 0.2) is 0 Å². The molecule has 1 atom stereocenters. The third kappa shape index (κ3) is 4.20. The van der Waals surface area contributed by atoms with Crippen molar-refractivity contribution in [1.82, 2.24) is 10.6 Å². The van der Waals surface area contributed by atoms with Crippen LogP contribution in [0.4, 0.5) is 5.69 Å². The average molecular weight is 374 g/mol. The fourth-order valence-corrected chi connectivity index (χ4v) is 4.27. The molecule has 0 aliphatic carbocycles. The van der Waals surface area contributed by atoms with E-state index >= 15 is 0 Å². The van der Waals surface area contributed by atoms with E-state index in [0.29, 0.717) is 36.7 Å². The highest BCUT2D eigenvalue weighted by Crippen LogP contribution is 2.30. The lowest BCUT2D eigenvalue weighted by atomic mass is 10.0. The summed E-state index contributed by atoms with van der Waals surface area (Å²) in [5.41, 5.74) is 2.22. The van der Waals surface area contributed by atoms with Crippen LogP contribution in [-0.2, 0) is 16.4 Å². The molecular weight excluding hydrogens is 350 g/mol. The first-order valence-electron chi connectivity index (χ1n) is 8.05. The molecule has 6 nitrogen and oxygen atoms in total. The van der Waals surface area contributed by atoms with E-state index < -0.39 is 10.0 Å². The van der Waals surface area contributed by atoms with Crippen LogP contribution < -0.4 is 14.9 Å². The fraction of sp³-hybridized carbons (Fsp3) is 0.562. The Morgan fingerprint density at radius 2 is 2.21 bits per heavy atom. The SMILES string of the molecule is CS(=O)(=O)N1CCc2cc(C(=O)NCCC3CCNC3)ccc21.Cl. The van der Waals surface area contributed by atoms with Crippen LogP contribution >= 0.6 is 12.4 Å². The molecule has 1 unspecified atom stereocenters. The van der Waals surface area contributed by atoms with Crippen LogP contribution in [0.25, 0.3) is 0 Å². The number of sulfonamides is 1. The Kier molecular flexibility index (Phi) is 6.11. The van der Waals surface area contributed by atoms with Crippen molar-refractivity contribution in [2.24, 2.45) is 5.92 Å². The van der Waals surface area contributed by atoms with Crippen molar-refractivity contribution >= 4 is 34.0 Å². The van der Waals surface area contributed by atoms with Crippen molar-refractivity contribution < 1.29 is 13.2 Å². The number of nitrogens with one attached hydrogen (secondary N) is 2. The Bertz CT molecular complexity index is 703. The maximum absolute atomic E-state index is 12.2. The lowest BCUT2D eigenvalue weighted by Gasteiger charge is -2.16. The second-order valence-electron chi connectivity index (χ2n) is 6.33. The predicted octanol–water partition coefficient (Wildman–Crippen LogP) is 1.16. The van der Waals surface area contributed by atoms with E-state index in [4.69, 9.17) is 0 Å². The highest BCUT2D eigenvalue weighted by Gasteiger charge is 2.26. The van der Waals surface area contributed by atoms with Gasteiger partial charge in [-0.2, -0.15) is 0 Å². The number of carbonyl (C=O) groups is 1. The highest BCUT2D eigenvalue weighted by molar-refractivity contribution is 7.92. The van der Waals surface area contributed by atoms with Crippen LogP contribution in [0.2, 0.25) is 0 Å². The third-order valence-electron chi connectivity index (χ3n) is 4.60. The van der Waals surface area contributed by atoms with Gasteiger partial charge in [-0.1, -0.05) is 0 Å². The van der Waals surface area contributed by atoms with Gasteiger partial charge in [0, 0.05) is 18.7 Å². The summed E-state index contributed by atoms with van der Waals surface area (Å²) in [4.78, 5) is 12.2. The van der Waals surface area contributed by atoms with Gasteiger partial charge < -0.3 is 10.6 Å². The highest BCUT2D eigenvalue weighted by atomic mass is 35.5. The topological polar surface area (TPSA) is 78.5 Å². The number of halogens is 1. The van der Waals surface area contributed by atoms with Crippen LogP contribution in [0.15, 0.2) is 18.2 Å². The number of amides is 1. The number of benzene rings is 1. The van der Waals surface area contributed by atoms with Gasteiger partial charge in [-0.15, -0.1) is 12.4 Å². The van der Waals surface area contributed by atoms with Crippen molar-refractivity contribution in [2.45, 2.75) is 19.3 Å². The number of nitrogens with zero attached hydrogens (tertiary/aromatic N) is 1. The maximum Gasteiger partial charge on any atom is 0.251 e. The molecule has 1 aromatic carbocycles. The van der Waals surface area contributed by atoms with Crippen LogP contribution in [0.3, 0.4) is 0 Å². The van der Waals surface area contributed by atoms with Crippen LogP contribution in [0.5, 0.6) is 0 Å². The summed E-state index contributed by atoms with van der Waals surface area (Å²) in [6.07, 6.45) is 4.03. The van der Waals surface area contributed by atoms with Crippen molar-refractivity contribution in [3.05, 3.63) is 29.3 Å². The molecule has 2 aliphatic heterocycles. The molecular formula is C16H24ClN3O3S. The number of hydrogen-bond donors (Lipinski definition) is 2. The Morgan fingerprint density at radius 1 is 1.42 bits per heavy atom. The van der Waals surface area contributed by atoms with Crippen molar-refractivity contribution in [3.63, 3.8) is 0 Å². The molecule has 134 valence electrons. The van der Waals surface area contributed by atoms with E-state index in [2.05, 4.69) is 10.6 Å². The van der Waals surface area contributed by atoms with Gasteiger partial charge in [0.2, 0.25) is 10.0 Å². The summed E-state index contributed by atoms with van der Waals surface area (Å²) in [6.45, 7) is 3.24. The molecule has 1 aromatic rings. The third-order valence-corrected chi connectivity index (χ3v) is 5.78. The lowest BCUT2D eigenvalue weighted by molar-refractivity contribution is 0.0951. The Morgan fingerprint density at radius 3 is 2.88 bits per heavy atom. The first kappa shape index (κ1) is 19.0. The first-order valence-corrected chi connectivity index (χ1v) is 9.89. The minimum absolute atomic E-state index is 0. The number of hydrogen-bond acceptors (Lipinski definition) is 4. The molecule has 0 saturated carbocycles. The molecule has 1 fully saturated rings. The zero-order chi connectivity index (χ0) is 16.4. The molecule has 0 radical (unpaired) electrons. The number of rotatable bonds is 5. The molecule has 8 heteroatoms. The van der Waals surface area contributed by atoms with Gasteiger partial charge in [-0.3, -0.25) is 9.10 Å². The molecule has 0 bridgehead atoms. The van der Waals surface area contributed by atoms with E-state index in [0.717, 1.165) is 25.1 Å². The standard InChI is InChI=1S/C16H23N3O3S.ClH/c1-23(21,22)19-9-6-13-10-14(2-3-15(13)19)16(20)18-8-5-12-4-7-17-11-12;/h2-3,10,12,17H,4-9,11H2,1H3,(H,18,20);1H. The second kappa shape index (κ2) is 7.72. The Labute approximate surface area is 149 Å². The summed E-state index contributed by atoms with van der Waals surface area (Å²) >= 11 is 0. The zero-order valence-electron chi connectivity index (χ0n) is 13.7. The summed E-state index contributed by atoms with van der Waals surface area (Å²) < 4.78 is 24.8. The maximum atomic E-state index is 12.2. The molecule has 2 heterocycles. The number of anilines is 1. The smallest absolute Gasteiger partial charge is 0.251 e. The fourth-order valence-electron chi connectivity index (χ4n) is 3.31. The van der Waals surface area contributed by atoms with Crippen molar-refractivity contribution in [3.8, 4) is 0 Å². The second-order valence-corrected chi connectivity index (χ2v) is 8.24. The van der Waals surface area contributed by atoms with Crippen molar-refractivity contribution in [2.75, 3.05) is 36.7 Å². The van der Waals surface area contributed by atoms with E-state index in [1.807, 2.05) is 6.07 Å². The summed E-state index contributed by atoms with van der Waals surface area (Å²) in [5, 5.41) is 6.28. The van der Waals surface area contributed by atoms with E-state index in [1.54, 1.807) is 12.1 Å².